The Bertz CT molecular complexity index is 541. The second-order valence-electron chi connectivity index (χ2n) is 3.90. The molecule has 1 fully saturated rings. The van der Waals surface area contributed by atoms with E-state index in [2.05, 4.69) is 16.2 Å². The second kappa shape index (κ2) is 3.46. The largest absolute Gasteiger partial charge is 0.339 e. The lowest BCUT2D eigenvalue weighted by Crippen LogP contribution is -1.83. The second-order valence-corrected chi connectivity index (χ2v) is 3.90. The van der Waals surface area contributed by atoms with Gasteiger partial charge in [-0.15, -0.1) is 0 Å². The van der Waals surface area contributed by atoms with Crippen LogP contribution < -0.4 is 0 Å². The summed E-state index contributed by atoms with van der Waals surface area (Å²) in [6, 6.07) is 11.9. The summed E-state index contributed by atoms with van der Waals surface area (Å²) in [5.41, 5.74) is 0.937. The number of nitrogens with zero attached hydrogens (tertiary/aromatic N) is 3. The van der Waals surface area contributed by atoms with Crippen molar-refractivity contribution in [1.29, 1.82) is 5.26 Å². The first-order valence-electron chi connectivity index (χ1n) is 5.17. The molecule has 2 aromatic rings. The number of hydrogen-bond donors (Lipinski definition) is 0. The Morgan fingerprint density at radius 3 is 2.81 bits per heavy atom. The molecule has 2 unspecified atom stereocenters. The number of aromatic nitrogens is 2. The van der Waals surface area contributed by atoms with E-state index in [0.717, 1.165) is 12.0 Å². The van der Waals surface area contributed by atoms with Crippen molar-refractivity contribution < 1.29 is 4.52 Å². The van der Waals surface area contributed by atoms with Crippen molar-refractivity contribution in [2.24, 2.45) is 5.92 Å². The average Bonchev–Trinajstić information content (AvgIpc) is 2.98. The normalized spacial score (nSPS) is 22.7. The Morgan fingerprint density at radius 1 is 1.31 bits per heavy atom. The van der Waals surface area contributed by atoms with Crippen molar-refractivity contribution in [3.05, 3.63) is 36.2 Å². The van der Waals surface area contributed by atoms with Gasteiger partial charge in [0, 0.05) is 5.56 Å². The zero-order valence-electron chi connectivity index (χ0n) is 8.50. The standard InChI is InChI=1S/C12H9N3O/c13-7-9-6-10(9)12-14-11(15-16-12)8-4-2-1-3-5-8/h1-5,9-10H,6H2. The van der Waals surface area contributed by atoms with Crippen LogP contribution >= 0.6 is 0 Å². The van der Waals surface area contributed by atoms with Gasteiger partial charge in [-0.05, 0) is 6.42 Å². The van der Waals surface area contributed by atoms with Gasteiger partial charge in [0.05, 0.1) is 17.9 Å². The molecule has 1 saturated carbocycles. The van der Waals surface area contributed by atoms with Gasteiger partial charge in [0.15, 0.2) is 0 Å². The van der Waals surface area contributed by atoms with E-state index in [9.17, 15) is 0 Å². The third-order valence-electron chi connectivity index (χ3n) is 2.75. The van der Waals surface area contributed by atoms with E-state index in [1.807, 2.05) is 30.3 Å². The first-order valence-corrected chi connectivity index (χ1v) is 5.17. The van der Waals surface area contributed by atoms with E-state index in [1.54, 1.807) is 0 Å². The van der Waals surface area contributed by atoms with E-state index in [4.69, 9.17) is 9.78 Å². The highest BCUT2D eigenvalue weighted by Crippen LogP contribution is 2.46. The molecule has 0 amide bonds. The molecule has 0 aliphatic heterocycles. The molecule has 0 bridgehead atoms. The molecule has 0 N–H and O–H groups in total. The quantitative estimate of drug-likeness (QED) is 0.764. The molecule has 1 aliphatic rings. The maximum Gasteiger partial charge on any atom is 0.231 e. The van der Waals surface area contributed by atoms with Crippen molar-refractivity contribution in [2.45, 2.75) is 12.3 Å². The van der Waals surface area contributed by atoms with Gasteiger partial charge in [0.2, 0.25) is 11.7 Å². The molecule has 4 nitrogen and oxygen atoms in total. The topological polar surface area (TPSA) is 62.7 Å². The molecule has 3 rings (SSSR count). The molecule has 0 radical (unpaired) electrons. The molecular weight excluding hydrogens is 202 g/mol. The maximum atomic E-state index is 8.72. The van der Waals surface area contributed by atoms with Crippen molar-refractivity contribution in [1.82, 2.24) is 10.1 Å². The van der Waals surface area contributed by atoms with Gasteiger partial charge in [-0.1, -0.05) is 35.5 Å². The summed E-state index contributed by atoms with van der Waals surface area (Å²) in [6.45, 7) is 0. The minimum atomic E-state index is 0.0593. The Labute approximate surface area is 92.5 Å². The highest BCUT2D eigenvalue weighted by molar-refractivity contribution is 5.53. The molecule has 0 saturated heterocycles. The van der Waals surface area contributed by atoms with E-state index < -0.39 is 0 Å². The van der Waals surface area contributed by atoms with E-state index in [0.29, 0.717) is 11.7 Å². The van der Waals surface area contributed by atoms with Gasteiger partial charge in [0.1, 0.15) is 0 Å². The van der Waals surface area contributed by atoms with Crippen LogP contribution in [0.5, 0.6) is 0 Å². The fourth-order valence-corrected chi connectivity index (χ4v) is 1.70. The third-order valence-corrected chi connectivity index (χ3v) is 2.75. The van der Waals surface area contributed by atoms with Crippen LogP contribution in [0, 0.1) is 17.2 Å². The fraction of sp³-hybridized carbons (Fsp3) is 0.250. The van der Waals surface area contributed by atoms with E-state index in [1.165, 1.54) is 0 Å². The molecule has 2 atom stereocenters. The monoisotopic (exact) mass is 211 g/mol. The summed E-state index contributed by atoms with van der Waals surface area (Å²) in [6.07, 6.45) is 0.840. The van der Waals surface area contributed by atoms with Crippen LogP contribution in [0.1, 0.15) is 18.2 Å². The lowest BCUT2D eigenvalue weighted by molar-refractivity contribution is 0.378. The molecule has 0 spiro atoms. The predicted octanol–water partition coefficient (Wildman–Crippen LogP) is 2.36. The fourth-order valence-electron chi connectivity index (χ4n) is 1.70. The molecular formula is C12H9N3O. The summed E-state index contributed by atoms with van der Waals surface area (Å²) in [5.74, 6) is 1.39. The van der Waals surface area contributed by atoms with Gasteiger partial charge in [-0.3, -0.25) is 0 Å². The minimum absolute atomic E-state index is 0.0593. The molecule has 1 heterocycles. The number of hydrogen-bond acceptors (Lipinski definition) is 4. The number of benzene rings is 1. The molecule has 78 valence electrons. The molecule has 1 aromatic carbocycles. The van der Waals surface area contributed by atoms with Crippen LogP contribution in [0.25, 0.3) is 11.4 Å². The number of rotatable bonds is 2. The first kappa shape index (κ1) is 9.10. The SMILES string of the molecule is N#CC1CC1c1nc(-c2ccccc2)no1. The summed E-state index contributed by atoms with van der Waals surface area (Å²) in [7, 11) is 0. The Morgan fingerprint density at radius 2 is 2.12 bits per heavy atom. The van der Waals surface area contributed by atoms with Crippen LogP contribution in [-0.4, -0.2) is 10.1 Å². The van der Waals surface area contributed by atoms with Gasteiger partial charge < -0.3 is 4.52 Å². The summed E-state index contributed by atoms with van der Waals surface area (Å²) in [5, 5.41) is 12.6. The number of nitriles is 1. The summed E-state index contributed by atoms with van der Waals surface area (Å²) < 4.78 is 5.16. The summed E-state index contributed by atoms with van der Waals surface area (Å²) >= 11 is 0. The van der Waals surface area contributed by atoms with Crippen molar-refractivity contribution in [2.75, 3.05) is 0 Å². The minimum Gasteiger partial charge on any atom is -0.339 e. The third kappa shape index (κ3) is 1.47. The van der Waals surface area contributed by atoms with Gasteiger partial charge in [0.25, 0.3) is 0 Å². The highest BCUT2D eigenvalue weighted by Gasteiger charge is 2.43. The van der Waals surface area contributed by atoms with Gasteiger partial charge in [-0.2, -0.15) is 10.2 Å². The van der Waals surface area contributed by atoms with E-state index >= 15 is 0 Å². The smallest absolute Gasteiger partial charge is 0.231 e. The predicted molar refractivity (Wildman–Crippen MR) is 56.2 cm³/mol. The lowest BCUT2D eigenvalue weighted by Gasteiger charge is -1.90. The van der Waals surface area contributed by atoms with E-state index in [-0.39, 0.29) is 11.8 Å². The van der Waals surface area contributed by atoms with Crippen LogP contribution in [0.15, 0.2) is 34.9 Å². The zero-order chi connectivity index (χ0) is 11.0. The zero-order valence-corrected chi connectivity index (χ0v) is 8.50. The van der Waals surface area contributed by atoms with Crippen molar-refractivity contribution in [3.8, 4) is 17.5 Å². The van der Waals surface area contributed by atoms with Gasteiger partial charge >= 0.3 is 0 Å². The molecule has 1 aromatic heterocycles. The lowest BCUT2D eigenvalue weighted by atomic mass is 10.2. The van der Waals surface area contributed by atoms with Crippen LogP contribution in [0.2, 0.25) is 0 Å². The Hall–Kier alpha value is -2.15. The van der Waals surface area contributed by atoms with Crippen molar-refractivity contribution >= 4 is 0 Å². The average molecular weight is 211 g/mol. The van der Waals surface area contributed by atoms with Crippen LogP contribution in [0.4, 0.5) is 0 Å². The Balaban J connectivity index is 1.87. The highest BCUT2D eigenvalue weighted by atomic mass is 16.5. The molecule has 16 heavy (non-hydrogen) atoms. The van der Waals surface area contributed by atoms with Crippen molar-refractivity contribution in [3.63, 3.8) is 0 Å². The van der Waals surface area contributed by atoms with Gasteiger partial charge in [-0.25, -0.2) is 0 Å². The first-order chi connectivity index (χ1) is 7.88. The Kier molecular flexibility index (Phi) is 1.97. The van der Waals surface area contributed by atoms with Crippen LogP contribution in [-0.2, 0) is 0 Å². The maximum absolute atomic E-state index is 8.72. The summed E-state index contributed by atoms with van der Waals surface area (Å²) in [4.78, 5) is 4.31. The molecule has 1 aliphatic carbocycles. The van der Waals surface area contributed by atoms with Crippen LogP contribution in [0.3, 0.4) is 0 Å². The molecule has 4 heteroatoms.